The third kappa shape index (κ3) is 6.53. The van der Waals surface area contributed by atoms with Crippen LogP contribution in [-0.4, -0.2) is 45.2 Å². The number of ether oxygens (including phenoxy) is 3. The highest BCUT2D eigenvalue weighted by atomic mass is 16.5. The average molecular weight is 411 g/mol. The Morgan fingerprint density at radius 3 is 2.30 bits per heavy atom. The van der Waals surface area contributed by atoms with Crippen LogP contribution < -0.4 is 20.1 Å². The second kappa shape index (κ2) is 11.1. The molecule has 0 heterocycles. The Morgan fingerprint density at radius 2 is 1.67 bits per heavy atom. The van der Waals surface area contributed by atoms with Gasteiger partial charge in [-0.2, -0.15) is 5.26 Å². The van der Waals surface area contributed by atoms with E-state index in [0.717, 1.165) is 5.56 Å². The van der Waals surface area contributed by atoms with Gasteiger partial charge >= 0.3 is 5.97 Å². The average Bonchev–Trinajstić information content (AvgIpc) is 2.79. The molecule has 0 aliphatic rings. The predicted octanol–water partition coefficient (Wildman–Crippen LogP) is 1.16. The van der Waals surface area contributed by atoms with Crippen molar-refractivity contribution in [1.29, 1.82) is 5.26 Å². The van der Waals surface area contributed by atoms with E-state index in [2.05, 4.69) is 10.6 Å². The Labute approximate surface area is 173 Å². The van der Waals surface area contributed by atoms with Crippen LogP contribution in [0.15, 0.2) is 42.5 Å². The van der Waals surface area contributed by atoms with E-state index in [9.17, 15) is 14.4 Å². The van der Waals surface area contributed by atoms with Gasteiger partial charge in [0.25, 0.3) is 11.8 Å². The van der Waals surface area contributed by atoms with Crippen molar-refractivity contribution < 1.29 is 28.6 Å². The monoisotopic (exact) mass is 411 g/mol. The zero-order valence-corrected chi connectivity index (χ0v) is 16.6. The molecule has 2 rings (SSSR count). The van der Waals surface area contributed by atoms with Crippen LogP contribution in [0.3, 0.4) is 0 Å². The van der Waals surface area contributed by atoms with Crippen molar-refractivity contribution >= 4 is 17.8 Å². The largest absolute Gasteiger partial charge is 0.493 e. The lowest BCUT2D eigenvalue weighted by molar-refractivity contribution is -0.147. The summed E-state index contributed by atoms with van der Waals surface area (Å²) in [5.74, 6) is -0.623. The molecule has 2 aromatic carbocycles. The zero-order valence-electron chi connectivity index (χ0n) is 16.6. The van der Waals surface area contributed by atoms with Gasteiger partial charge in [0, 0.05) is 12.1 Å². The van der Waals surface area contributed by atoms with Crippen LogP contribution in [0.4, 0.5) is 0 Å². The first-order valence-corrected chi connectivity index (χ1v) is 8.88. The number of esters is 1. The van der Waals surface area contributed by atoms with E-state index < -0.39 is 24.4 Å². The molecular formula is C21H21N3O6. The molecule has 0 unspecified atom stereocenters. The number of hydrogen-bond donors (Lipinski definition) is 2. The van der Waals surface area contributed by atoms with E-state index in [1.807, 2.05) is 6.07 Å². The molecule has 156 valence electrons. The fraction of sp³-hybridized carbons (Fsp3) is 0.238. The molecule has 0 atom stereocenters. The highest BCUT2D eigenvalue weighted by Crippen LogP contribution is 2.27. The third-order valence-electron chi connectivity index (χ3n) is 3.97. The molecule has 9 nitrogen and oxygen atoms in total. The topological polar surface area (TPSA) is 127 Å². The van der Waals surface area contributed by atoms with Crippen LogP contribution in [0.2, 0.25) is 0 Å². The summed E-state index contributed by atoms with van der Waals surface area (Å²) in [7, 11) is 3.04. The maximum absolute atomic E-state index is 11.9. The van der Waals surface area contributed by atoms with E-state index in [-0.39, 0.29) is 13.1 Å². The molecule has 0 spiro atoms. The second-order valence-corrected chi connectivity index (χ2v) is 6.00. The van der Waals surface area contributed by atoms with Gasteiger partial charge in [-0.25, -0.2) is 0 Å². The minimum atomic E-state index is -0.752. The fourth-order valence-electron chi connectivity index (χ4n) is 2.39. The Kier molecular flexibility index (Phi) is 8.20. The molecule has 0 radical (unpaired) electrons. The molecule has 0 saturated heterocycles. The van der Waals surface area contributed by atoms with Crippen LogP contribution in [0.5, 0.6) is 11.5 Å². The number of hydrogen-bond acceptors (Lipinski definition) is 7. The van der Waals surface area contributed by atoms with Crippen LogP contribution in [0.25, 0.3) is 0 Å². The molecule has 0 aliphatic carbocycles. The quantitative estimate of drug-likeness (QED) is 0.593. The number of methoxy groups -OCH3 is 2. The first-order valence-electron chi connectivity index (χ1n) is 8.88. The molecule has 2 amide bonds. The van der Waals surface area contributed by atoms with Crippen molar-refractivity contribution in [3.05, 3.63) is 59.2 Å². The van der Waals surface area contributed by atoms with Gasteiger partial charge < -0.3 is 24.8 Å². The number of nitrogens with zero attached hydrogens (tertiary/aromatic N) is 1. The minimum absolute atomic E-state index is 0.214. The molecule has 0 fully saturated rings. The Morgan fingerprint density at radius 1 is 0.967 bits per heavy atom. The van der Waals surface area contributed by atoms with E-state index in [4.69, 9.17) is 19.5 Å². The van der Waals surface area contributed by atoms with Gasteiger partial charge in [0.2, 0.25) is 0 Å². The summed E-state index contributed by atoms with van der Waals surface area (Å²) in [6, 6.07) is 13.1. The standard InChI is InChI=1S/C21H21N3O6/c1-28-17-8-5-15(9-18(17)29-2)11-23-19(25)13-30-20(26)12-24-21(27)16-6-3-14(10-22)4-7-16/h3-9H,11-13H2,1-2H3,(H,23,25)(H,24,27). The summed E-state index contributed by atoms with van der Waals surface area (Å²) in [4.78, 5) is 35.5. The van der Waals surface area contributed by atoms with Crippen LogP contribution >= 0.6 is 0 Å². The molecule has 0 aromatic heterocycles. The number of carbonyl (C=O) groups is 3. The Hall–Kier alpha value is -4.06. The predicted molar refractivity (Wildman–Crippen MR) is 106 cm³/mol. The first kappa shape index (κ1) is 22.2. The van der Waals surface area contributed by atoms with E-state index in [0.29, 0.717) is 22.6 Å². The maximum atomic E-state index is 11.9. The van der Waals surface area contributed by atoms with Crippen LogP contribution in [0.1, 0.15) is 21.5 Å². The maximum Gasteiger partial charge on any atom is 0.325 e. The van der Waals surface area contributed by atoms with E-state index in [1.54, 1.807) is 18.2 Å². The summed E-state index contributed by atoms with van der Waals surface area (Å²) in [5.41, 5.74) is 1.50. The summed E-state index contributed by atoms with van der Waals surface area (Å²) in [5, 5.41) is 13.7. The second-order valence-electron chi connectivity index (χ2n) is 6.00. The van der Waals surface area contributed by atoms with Gasteiger partial charge in [0.05, 0.1) is 25.9 Å². The lowest BCUT2D eigenvalue weighted by Gasteiger charge is -2.10. The summed E-state index contributed by atoms with van der Waals surface area (Å²) >= 11 is 0. The number of amides is 2. The highest BCUT2D eigenvalue weighted by Gasteiger charge is 2.11. The number of carbonyl (C=O) groups excluding carboxylic acids is 3. The molecule has 2 aromatic rings. The van der Waals surface area contributed by atoms with Crippen molar-refractivity contribution in [2.45, 2.75) is 6.54 Å². The molecule has 2 N–H and O–H groups in total. The van der Waals surface area contributed by atoms with Crippen molar-refractivity contribution in [2.75, 3.05) is 27.4 Å². The van der Waals surface area contributed by atoms with Gasteiger partial charge in [-0.15, -0.1) is 0 Å². The van der Waals surface area contributed by atoms with Gasteiger partial charge in [-0.1, -0.05) is 6.07 Å². The molecule has 0 aliphatic heterocycles. The summed E-state index contributed by atoms with van der Waals surface area (Å²) in [6.07, 6.45) is 0. The highest BCUT2D eigenvalue weighted by molar-refractivity contribution is 5.96. The number of nitriles is 1. The summed E-state index contributed by atoms with van der Waals surface area (Å²) in [6.45, 7) is -0.646. The zero-order chi connectivity index (χ0) is 21.9. The van der Waals surface area contributed by atoms with Gasteiger partial charge in [0.15, 0.2) is 18.1 Å². The normalized spacial score (nSPS) is 9.77. The van der Waals surface area contributed by atoms with Crippen LogP contribution in [0, 0.1) is 11.3 Å². The molecule has 0 bridgehead atoms. The van der Waals surface area contributed by atoms with Gasteiger partial charge in [0.1, 0.15) is 6.54 Å². The molecular weight excluding hydrogens is 390 g/mol. The number of rotatable bonds is 9. The lowest BCUT2D eigenvalue weighted by Crippen LogP contribution is -2.33. The lowest BCUT2D eigenvalue weighted by atomic mass is 10.1. The van der Waals surface area contributed by atoms with Crippen LogP contribution in [-0.2, 0) is 20.9 Å². The SMILES string of the molecule is COc1ccc(CNC(=O)COC(=O)CNC(=O)c2ccc(C#N)cc2)cc1OC. The van der Waals surface area contributed by atoms with Crippen molar-refractivity contribution in [2.24, 2.45) is 0 Å². The first-order chi connectivity index (χ1) is 14.5. The van der Waals surface area contributed by atoms with Crippen molar-refractivity contribution in [3.8, 4) is 17.6 Å². The smallest absolute Gasteiger partial charge is 0.325 e. The van der Waals surface area contributed by atoms with Gasteiger partial charge in [-0.3, -0.25) is 14.4 Å². The molecule has 30 heavy (non-hydrogen) atoms. The third-order valence-corrected chi connectivity index (χ3v) is 3.97. The van der Waals surface area contributed by atoms with Crippen molar-refractivity contribution in [1.82, 2.24) is 10.6 Å². The fourth-order valence-corrected chi connectivity index (χ4v) is 2.39. The summed E-state index contributed by atoms with van der Waals surface area (Å²) < 4.78 is 15.2. The van der Waals surface area contributed by atoms with E-state index in [1.165, 1.54) is 38.5 Å². The minimum Gasteiger partial charge on any atom is -0.493 e. The Bertz CT molecular complexity index is 950. The number of nitrogens with one attached hydrogen (secondary N) is 2. The molecule has 9 heteroatoms. The molecule has 0 saturated carbocycles. The van der Waals surface area contributed by atoms with Gasteiger partial charge in [-0.05, 0) is 42.0 Å². The Balaban J connectivity index is 1.72. The van der Waals surface area contributed by atoms with E-state index >= 15 is 0 Å². The number of benzene rings is 2. The van der Waals surface area contributed by atoms with Crippen molar-refractivity contribution in [3.63, 3.8) is 0 Å².